The van der Waals surface area contributed by atoms with Crippen molar-refractivity contribution in [3.63, 3.8) is 0 Å². The highest BCUT2D eigenvalue weighted by Gasteiger charge is 2.13. The van der Waals surface area contributed by atoms with Crippen molar-refractivity contribution in [2.45, 2.75) is 20.3 Å². The van der Waals surface area contributed by atoms with E-state index in [1.54, 1.807) is 19.9 Å². The first-order chi connectivity index (χ1) is 8.47. The summed E-state index contributed by atoms with van der Waals surface area (Å²) in [6, 6.07) is 2.91. The van der Waals surface area contributed by atoms with Crippen LogP contribution in [-0.2, 0) is 6.42 Å². The third-order valence-electron chi connectivity index (χ3n) is 2.56. The van der Waals surface area contributed by atoms with Gasteiger partial charge in [-0.25, -0.2) is 9.78 Å². The lowest BCUT2D eigenvalue weighted by Crippen LogP contribution is -2.17. The first kappa shape index (κ1) is 12.1. The molecular weight excluding hydrogens is 236 g/mol. The Morgan fingerprint density at radius 1 is 1.44 bits per heavy atom. The highest BCUT2D eigenvalue weighted by Crippen LogP contribution is 2.12. The molecule has 0 radical (unpaired) electrons. The summed E-state index contributed by atoms with van der Waals surface area (Å²) in [6.07, 6.45) is 0.224. The van der Waals surface area contributed by atoms with Gasteiger partial charge in [-0.05, 0) is 26.0 Å². The van der Waals surface area contributed by atoms with Crippen molar-refractivity contribution in [2.24, 2.45) is 0 Å². The Balaban J connectivity index is 2.34. The minimum Gasteiger partial charge on any atom is -0.475 e. The fourth-order valence-corrected chi connectivity index (χ4v) is 1.72. The van der Waals surface area contributed by atoms with Crippen molar-refractivity contribution in [2.75, 3.05) is 0 Å². The van der Waals surface area contributed by atoms with Crippen LogP contribution in [-0.4, -0.2) is 21.0 Å². The van der Waals surface area contributed by atoms with Crippen LogP contribution in [0.4, 0.5) is 0 Å². The van der Waals surface area contributed by atoms with Crippen LogP contribution in [0.5, 0.6) is 0 Å². The van der Waals surface area contributed by atoms with E-state index >= 15 is 0 Å². The molecule has 94 valence electrons. The summed E-state index contributed by atoms with van der Waals surface area (Å²) >= 11 is 0. The molecule has 0 saturated heterocycles. The van der Waals surface area contributed by atoms with Gasteiger partial charge >= 0.3 is 5.97 Å². The van der Waals surface area contributed by atoms with E-state index in [4.69, 9.17) is 9.52 Å². The summed E-state index contributed by atoms with van der Waals surface area (Å²) in [5.41, 5.74) is 0.865. The lowest BCUT2D eigenvalue weighted by Gasteiger charge is -2.03. The maximum Gasteiger partial charge on any atom is 0.371 e. The van der Waals surface area contributed by atoms with Gasteiger partial charge in [0.25, 0.3) is 5.56 Å². The number of nitrogens with one attached hydrogen (secondary N) is 1. The van der Waals surface area contributed by atoms with E-state index in [0.717, 1.165) is 0 Å². The minimum atomic E-state index is -1.13. The maximum absolute atomic E-state index is 11.8. The van der Waals surface area contributed by atoms with E-state index in [2.05, 4.69) is 9.97 Å². The van der Waals surface area contributed by atoms with Gasteiger partial charge in [-0.15, -0.1) is 0 Å². The van der Waals surface area contributed by atoms with Gasteiger partial charge < -0.3 is 14.5 Å². The maximum atomic E-state index is 11.8. The van der Waals surface area contributed by atoms with Crippen LogP contribution in [0.15, 0.2) is 21.3 Å². The fraction of sp³-hybridized carbons (Fsp3) is 0.250. The number of aromatic carboxylic acids is 1. The number of hydrogen-bond acceptors (Lipinski definition) is 4. The smallest absolute Gasteiger partial charge is 0.371 e. The molecule has 0 unspecified atom stereocenters. The summed E-state index contributed by atoms with van der Waals surface area (Å²) in [5, 5.41) is 8.74. The van der Waals surface area contributed by atoms with Crippen LogP contribution in [0.3, 0.4) is 0 Å². The molecule has 2 aromatic heterocycles. The van der Waals surface area contributed by atoms with E-state index in [-0.39, 0.29) is 17.7 Å². The zero-order chi connectivity index (χ0) is 13.3. The number of aromatic amines is 1. The number of carboxylic acid groups (broad SMARTS) is 1. The molecule has 0 spiro atoms. The van der Waals surface area contributed by atoms with Crippen molar-refractivity contribution >= 4 is 5.97 Å². The molecule has 0 amide bonds. The molecular formula is C12H12N2O4. The van der Waals surface area contributed by atoms with Gasteiger partial charge in [0, 0.05) is 17.7 Å². The lowest BCUT2D eigenvalue weighted by molar-refractivity contribution is 0.0660. The normalized spacial score (nSPS) is 10.6. The van der Waals surface area contributed by atoms with Crippen LogP contribution in [0.2, 0.25) is 0 Å². The zero-order valence-corrected chi connectivity index (χ0v) is 9.98. The first-order valence-electron chi connectivity index (χ1n) is 5.36. The van der Waals surface area contributed by atoms with Gasteiger partial charge in [0.1, 0.15) is 11.6 Å². The first-order valence-corrected chi connectivity index (χ1v) is 5.36. The molecule has 0 aliphatic carbocycles. The number of carboxylic acids is 1. The van der Waals surface area contributed by atoms with Crippen molar-refractivity contribution in [1.29, 1.82) is 0 Å². The van der Waals surface area contributed by atoms with Gasteiger partial charge in [-0.3, -0.25) is 4.79 Å². The van der Waals surface area contributed by atoms with Gasteiger partial charge in [-0.1, -0.05) is 0 Å². The Morgan fingerprint density at radius 3 is 2.72 bits per heavy atom. The average Bonchev–Trinajstić information content (AvgIpc) is 2.71. The van der Waals surface area contributed by atoms with Crippen LogP contribution in [0, 0.1) is 13.8 Å². The molecule has 0 aliphatic rings. The molecule has 2 rings (SSSR count). The topological polar surface area (TPSA) is 96.2 Å². The van der Waals surface area contributed by atoms with E-state index < -0.39 is 5.97 Å². The third-order valence-corrected chi connectivity index (χ3v) is 2.56. The SMILES string of the molecule is Cc1nc(C)c(Cc2ccc(C(=O)O)o2)c(=O)[nH]1. The Labute approximate surface area is 102 Å². The molecule has 2 aromatic rings. The number of H-pyrrole nitrogens is 1. The van der Waals surface area contributed by atoms with E-state index in [1.807, 2.05) is 0 Å². The second-order valence-corrected chi connectivity index (χ2v) is 3.96. The van der Waals surface area contributed by atoms with E-state index in [9.17, 15) is 9.59 Å². The monoisotopic (exact) mass is 248 g/mol. The Morgan fingerprint density at radius 2 is 2.17 bits per heavy atom. The van der Waals surface area contributed by atoms with Gasteiger partial charge in [-0.2, -0.15) is 0 Å². The van der Waals surface area contributed by atoms with Crippen LogP contribution in [0.1, 0.15) is 33.4 Å². The molecule has 0 atom stereocenters. The molecule has 18 heavy (non-hydrogen) atoms. The van der Waals surface area contributed by atoms with Crippen LogP contribution >= 0.6 is 0 Å². The molecule has 0 aromatic carbocycles. The van der Waals surface area contributed by atoms with Crippen molar-refractivity contribution in [3.05, 3.63) is 51.1 Å². The molecule has 6 nitrogen and oxygen atoms in total. The molecule has 0 bridgehead atoms. The summed E-state index contributed by atoms with van der Waals surface area (Å²) < 4.78 is 5.11. The minimum absolute atomic E-state index is 0.140. The van der Waals surface area contributed by atoms with Crippen LogP contribution in [0.25, 0.3) is 0 Å². The zero-order valence-electron chi connectivity index (χ0n) is 9.98. The Hall–Kier alpha value is -2.37. The predicted molar refractivity (Wildman–Crippen MR) is 62.8 cm³/mol. The number of carbonyl (C=O) groups is 1. The summed E-state index contributed by atoms with van der Waals surface area (Å²) in [6.45, 7) is 3.44. The van der Waals surface area contributed by atoms with Crippen molar-refractivity contribution in [3.8, 4) is 0 Å². The van der Waals surface area contributed by atoms with E-state index in [0.29, 0.717) is 22.8 Å². The quantitative estimate of drug-likeness (QED) is 0.852. The Bertz CT molecular complexity index is 654. The highest BCUT2D eigenvalue weighted by molar-refractivity contribution is 5.84. The van der Waals surface area contributed by atoms with Gasteiger partial charge in [0.05, 0.1) is 0 Å². The molecule has 0 saturated carbocycles. The second-order valence-electron chi connectivity index (χ2n) is 3.96. The highest BCUT2D eigenvalue weighted by atomic mass is 16.4. The number of furan rings is 1. The molecule has 2 N–H and O–H groups in total. The van der Waals surface area contributed by atoms with Crippen LogP contribution < -0.4 is 5.56 Å². The number of nitrogens with zero attached hydrogens (tertiary/aromatic N) is 1. The Kier molecular flexibility index (Phi) is 3.01. The molecule has 2 heterocycles. The molecule has 0 aliphatic heterocycles. The molecule has 0 fully saturated rings. The van der Waals surface area contributed by atoms with Gasteiger partial charge in [0.15, 0.2) is 0 Å². The lowest BCUT2D eigenvalue weighted by atomic mass is 10.1. The molecule has 6 heteroatoms. The number of aromatic nitrogens is 2. The largest absolute Gasteiger partial charge is 0.475 e. The number of hydrogen-bond donors (Lipinski definition) is 2. The third kappa shape index (κ3) is 2.32. The predicted octanol–water partition coefficient (Wildman–Crippen LogP) is 1.27. The standard InChI is InChI=1S/C12H12N2O4/c1-6-9(11(15)14-7(2)13-6)5-8-3-4-10(18-8)12(16)17/h3-4H,5H2,1-2H3,(H,16,17)(H,13,14,15). The average molecular weight is 248 g/mol. The summed E-state index contributed by atoms with van der Waals surface area (Å²) in [5.74, 6) is -0.299. The summed E-state index contributed by atoms with van der Waals surface area (Å²) in [4.78, 5) is 29.2. The summed E-state index contributed by atoms with van der Waals surface area (Å²) in [7, 11) is 0. The number of aryl methyl sites for hydroxylation is 2. The van der Waals surface area contributed by atoms with Gasteiger partial charge in [0.2, 0.25) is 5.76 Å². The fourth-order valence-electron chi connectivity index (χ4n) is 1.72. The number of rotatable bonds is 3. The van der Waals surface area contributed by atoms with Crippen molar-refractivity contribution in [1.82, 2.24) is 9.97 Å². The van der Waals surface area contributed by atoms with Crippen molar-refractivity contribution < 1.29 is 14.3 Å². The van der Waals surface area contributed by atoms with E-state index in [1.165, 1.54) is 6.07 Å². The second kappa shape index (κ2) is 4.48.